The number of hydrogen-bond donors (Lipinski definition) is 1. The molecule has 2 nitrogen and oxygen atoms in total. The Morgan fingerprint density at radius 2 is 2.00 bits per heavy atom. The van der Waals surface area contributed by atoms with Gasteiger partial charge in [0.1, 0.15) is 0 Å². The van der Waals surface area contributed by atoms with Gasteiger partial charge in [0.2, 0.25) is 0 Å². The Morgan fingerprint density at radius 1 is 1.25 bits per heavy atom. The molecule has 2 aromatic rings. The lowest BCUT2D eigenvalue weighted by atomic mass is 9.95. The van der Waals surface area contributed by atoms with Gasteiger partial charge in [0.15, 0.2) is 11.6 Å². The highest BCUT2D eigenvalue weighted by molar-refractivity contribution is 6.31. The Morgan fingerprint density at radius 3 is 2.60 bits per heavy atom. The van der Waals surface area contributed by atoms with E-state index < -0.39 is 0 Å². The highest BCUT2D eigenvalue weighted by atomic mass is 35.5. The fraction of sp³-hybridized carbons (Fsp3) is 0.250. The average Bonchev–Trinajstić information content (AvgIpc) is 2.44. The molecular formula is C16H17ClFNO. The van der Waals surface area contributed by atoms with Crippen LogP contribution in [0.15, 0.2) is 36.4 Å². The number of rotatable bonds is 4. The van der Waals surface area contributed by atoms with Crippen LogP contribution in [-0.4, -0.2) is 14.2 Å². The van der Waals surface area contributed by atoms with E-state index in [0.717, 1.165) is 16.7 Å². The first-order valence-corrected chi connectivity index (χ1v) is 6.72. The topological polar surface area (TPSA) is 21.3 Å². The lowest BCUT2D eigenvalue weighted by Crippen LogP contribution is -2.19. The Hall–Kier alpha value is -1.58. The SMILES string of the molecule is CNC(c1ccc(OC)c(F)c1)c1cccc(Cl)c1C. The van der Waals surface area contributed by atoms with Crippen LogP contribution in [0.1, 0.15) is 22.7 Å². The molecule has 0 aliphatic rings. The quantitative estimate of drug-likeness (QED) is 0.916. The van der Waals surface area contributed by atoms with Crippen LogP contribution in [0.3, 0.4) is 0 Å². The first kappa shape index (κ1) is 14.8. The zero-order chi connectivity index (χ0) is 14.7. The molecule has 0 fully saturated rings. The van der Waals surface area contributed by atoms with Crippen molar-refractivity contribution in [2.45, 2.75) is 13.0 Å². The van der Waals surface area contributed by atoms with E-state index >= 15 is 0 Å². The molecular weight excluding hydrogens is 277 g/mol. The fourth-order valence-electron chi connectivity index (χ4n) is 2.30. The molecule has 20 heavy (non-hydrogen) atoms. The van der Waals surface area contributed by atoms with Crippen molar-refractivity contribution in [3.8, 4) is 5.75 Å². The molecule has 1 N–H and O–H groups in total. The summed E-state index contributed by atoms with van der Waals surface area (Å²) >= 11 is 6.16. The third-order valence-corrected chi connectivity index (χ3v) is 3.83. The molecule has 0 amide bonds. The molecule has 2 rings (SSSR count). The molecule has 106 valence electrons. The maximum Gasteiger partial charge on any atom is 0.165 e. The van der Waals surface area contributed by atoms with Crippen LogP contribution in [0.25, 0.3) is 0 Å². The van der Waals surface area contributed by atoms with Gasteiger partial charge in [0.25, 0.3) is 0 Å². The molecule has 0 heterocycles. The summed E-state index contributed by atoms with van der Waals surface area (Å²) in [6.45, 7) is 1.96. The highest BCUT2D eigenvalue weighted by Gasteiger charge is 2.17. The van der Waals surface area contributed by atoms with Crippen molar-refractivity contribution in [2.24, 2.45) is 0 Å². The standard InChI is InChI=1S/C16H17ClFNO/c1-10-12(5-4-6-13(10)17)16(19-2)11-7-8-15(20-3)14(18)9-11/h4-9,16,19H,1-3H3. The molecule has 2 aromatic carbocycles. The van der Waals surface area contributed by atoms with E-state index in [0.29, 0.717) is 5.02 Å². The predicted molar refractivity (Wildman–Crippen MR) is 80.0 cm³/mol. The van der Waals surface area contributed by atoms with Crippen LogP contribution in [0.5, 0.6) is 5.75 Å². The number of hydrogen-bond acceptors (Lipinski definition) is 2. The van der Waals surface area contributed by atoms with E-state index in [2.05, 4.69) is 5.32 Å². The average molecular weight is 294 g/mol. The second-order valence-corrected chi connectivity index (χ2v) is 4.98. The van der Waals surface area contributed by atoms with Gasteiger partial charge in [-0.2, -0.15) is 0 Å². The van der Waals surface area contributed by atoms with Crippen LogP contribution in [0.4, 0.5) is 4.39 Å². The largest absolute Gasteiger partial charge is 0.494 e. The first-order valence-electron chi connectivity index (χ1n) is 6.34. The zero-order valence-electron chi connectivity index (χ0n) is 11.7. The van der Waals surface area contributed by atoms with Crippen molar-refractivity contribution in [1.29, 1.82) is 0 Å². The Balaban J connectivity index is 2.47. The maximum absolute atomic E-state index is 13.9. The van der Waals surface area contributed by atoms with E-state index in [1.54, 1.807) is 6.07 Å². The number of halogens is 2. The normalized spacial score (nSPS) is 12.2. The molecule has 0 radical (unpaired) electrons. The summed E-state index contributed by atoms with van der Waals surface area (Å²) in [5.74, 6) is -0.128. The Kier molecular flexibility index (Phi) is 4.63. The zero-order valence-corrected chi connectivity index (χ0v) is 12.5. The molecule has 1 atom stereocenters. The summed E-state index contributed by atoms with van der Waals surface area (Å²) in [6, 6.07) is 10.6. The van der Waals surface area contributed by atoms with Gasteiger partial charge in [0, 0.05) is 5.02 Å². The van der Waals surface area contributed by atoms with E-state index in [1.165, 1.54) is 13.2 Å². The van der Waals surface area contributed by atoms with Crippen LogP contribution in [-0.2, 0) is 0 Å². The molecule has 0 aromatic heterocycles. The minimum absolute atomic E-state index is 0.117. The maximum atomic E-state index is 13.9. The van der Waals surface area contributed by atoms with Crippen LogP contribution in [0, 0.1) is 12.7 Å². The van der Waals surface area contributed by atoms with E-state index in [4.69, 9.17) is 16.3 Å². The van der Waals surface area contributed by atoms with Gasteiger partial charge in [-0.1, -0.05) is 29.8 Å². The molecule has 0 spiro atoms. The van der Waals surface area contributed by atoms with Crippen LogP contribution >= 0.6 is 11.6 Å². The Bertz CT molecular complexity index is 615. The lowest BCUT2D eigenvalue weighted by Gasteiger charge is -2.20. The smallest absolute Gasteiger partial charge is 0.165 e. The van der Waals surface area contributed by atoms with E-state index in [9.17, 15) is 4.39 Å². The second kappa shape index (κ2) is 6.25. The van der Waals surface area contributed by atoms with E-state index in [1.807, 2.05) is 38.2 Å². The number of ether oxygens (including phenoxy) is 1. The number of benzene rings is 2. The minimum Gasteiger partial charge on any atom is -0.494 e. The molecule has 0 bridgehead atoms. The summed E-state index contributed by atoms with van der Waals surface area (Å²) in [4.78, 5) is 0. The first-order chi connectivity index (χ1) is 9.58. The number of nitrogens with one attached hydrogen (secondary N) is 1. The van der Waals surface area contributed by atoms with Crippen molar-refractivity contribution >= 4 is 11.6 Å². The van der Waals surface area contributed by atoms with Crippen LogP contribution in [0.2, 0.25) is 5.02 Å². The van der Waals surface area contributed by atoms with Gasteiger partial charge in [0.05, 0.1) is 13.2 Å². The van der Waals surface area contributed by atoms with Crippen molar-refractivity contribution in [3.05, 3.63) is 63.9 Å². The minimum atomic E-state index is -0.370. The van der Waals surface area contributed by atoms with Gasteiger partial charge < -0.3 is 10.1 Å². The van der Waals surface area contributed by atoms with Crippen molar-refractivity contribution in [2.75, 3.05) is 14.2 Å². The van der Waals surface area contributed by atoms with Crippen molar-refractivity contribution < 1.29 is 9.13 Å². The summed E-state index contributed by atoms with van der Waals surface area (Å²) in [7, 11) is 3.29. The third kappa shape index (κ3) is 2.79. The molecule has 4 heteroatoms. The molecule has 0 aliphatic heterocycles. The highest BCUT2D eigenvalue weighted by Crippen LogP contribution is 2.30. The van der Waals surface area contributed by atoms with Gasteiger partial charge in [-0.25, -0.2) is 4.39 Å². The summed E-state index contributed by atoms with van der Waals surface area (Å²) in [5.41, 5.74) is 2.85. The fourth-order valence-corrected chi connectivity index (χ4v) is 2.48. The molecule has 0 saturated carbocycles. The third-order valence-electron chi connectivity index (χ3n) is 3.42. The summed E-state index contributed by atoms with van der Waals surface area (Å²) in [5, 5.41) is 3.91. The van der Waals surface area contributed by atoms with Crippen molar-refractivity contribution in [3.63, 3.8) is 0 Å². The lowest BCUT2D eigenvalue weighted by molar-refractivity contribution is 0.386. The predicted octanol–water partition coefficient (Wildman–Crippen LogP) is 4.10. The van der Waals surface area contributed by atoms with Crippen LogP contribution < -0.4 is 10.1 Å². The van der Waals surface area contributed by atoms with Gasteiger partial charge in [-0.3, -0.25) is 0 Å². The Labute approximate surface area is 123 Å². The molecule has 0 saturated heterocycles. The monoisotopic (exact) mass is 293 g/mol. The van der Waals surface area contributed by atoms with E-state index in [-0.39, 0.29) is 17.6 Å². The summed E-state index contributed by atoms with van der Waals surface area (Å²) < 4.78 is 18.8. The number of methoxy groups -OCH3 is 1. The van der Waals surface area contributed by atoms with Gasteiger partial charge in [-0.15, -0.1) is 0 Å². The van der Waals surface area contributed by atoms with Gasteiger partial charge in [-0.05, 0) is 48.9 Å². The summed E-state index contributed by atoms with van der Waals surface area (Å²) in [6.07, 6.45) is 0. The second-order valence-electron chi connectivity index (χ2n) is 4.57. The van der Waals surface area contributed by atoms with Crippen molar-refractivity contribution in [1.82, 2.24) is 5.32 Å². The van der Waals surface area contributed by atoms with Gasteiger partial charge >= 0.3 is 0 Å². The molecule has 1 unspecified atom stereocenters. The molecule has 0 aliphatic carbocycles.